The number of aliphatic carboxylic acids is 1. The zero-order valence-electron chi connectivity index (χ0n) is 12.6. The number of carboxylic acid groups (broad SMARTS) is 1. The molecule has 0 heterocycles. The van der Waals surface area contributed by atoms with Crippen molar-refractivity contribution in [1.82, 2.24) is 0 Å². The van der Waals surface area contributed by atoms with Gasteiger partial charge in [-0.25, -0.2) is 0 Å². The molecule has 0 amide bonds. The van der Waals surface area contributed by atoms with Gasteiger partial charge in [-0.1, -0.05) is 30.3 Å². The van der Waals surface area contributed by atoms with Crippen LogP contribution in [0.3, 0.4) is 0 Å². The molecule has 2 aromatic carbocycles. The molecule has 0 bridgehead atoms. The lowest BCUT2D eigenvalue weighted by molar-refractivity contribution is -0.137. The lowest BCUT2D eigenvalue weighted by atomic mass is 9.98. The Balaban J connectivity index is 2.37. The van der Waals surface area contributed by atoms with Crippen LogP contribution in [0, 0.1) is 0 Å². The predicted octanol–water partition coefficient (Wildman–Crippen LogP) is 2.85. The molecule has 22 heavy (non-hydrogen) atoms. The zero-order valence-corrected chi connectivity index (χ0v) is 12.6. The minimum absolute atomic E-state index is 0.0999. The summed E-state index contributed by atoms with van der Waals surface area (Å²) in [6, 6.07) is 12.5. The van der Waals surface area contributed by atoms with Crippen LogP contribution in [0.5, 0.6) is 11.5 Å². The number of hydrogen-bond acceptors (Lipinski definition) is 4. The summed E-state index contributed by atoms with van der Waals surface area (Å²) in [5.74, 6) is 0.506. The van der Waals surface area contributed by atoms with E-state index in [0.717, 1.165) is 16.7 Å². The van der Waals surface area contributed by atoms with E-state index >= 15 is 0 Å². The smallest absolute Gasteiger partial charge is 0.305 e. The summed E-state index contributed by atoms with van der Waals surface area (Å²) in [6.07, 6.45) is -0.0999. The average Bonchev–Trinajstić information content (AvgIpc) is 2.53. The Labute approximate surface area is 129 Å². The molecule has 0 spiro atoms. The van der Waals surface area contributed by atoms with E-state index in [2.05, 4.69) is 0 Å². The maximum atomic E-state index is 10.7. The summed E-state index contributed by atoms with van der Waals surface area (Å²) in [6.45, 7) is 0. The molecule has 0 aliphatic heterocycles. The van der Waals surface area contributed by atoms with Gasteiger partial charge in [-0.3, -0.25) is 4.79 Å². The number of methoxy groups -OCH3 is 2. The highest BCUT2D eigenvalue weighted by atomic mass is 16.5. The maximum absolute atomic E-state index is 10.7. The molecule has 0 aromatic heterocycles. The Morgan fingerprint density at radius 2 is 1.64 bits per heavy atom. The fraction of sp³-hybridized carbons (Fsp3) is 0.235. The number of hydrogen-bond donors (Lipinski definition) is 2. The molecule has 116 valence electrons. The summed E-state index contributed by atoms with van der Waals surface area (Å²) in [4.78, 5) is 10.7. The Bertz CT molecular complexity index is 630. The number of carbonyl (C=O) groups is 1. The lowest BCUT2D eigenvalue weighted by Crippen LogP contribution is -2.14. The van der Waals surface area contributed by atoms with Crippen molar-refractivity contribution in [3.8, 4) is 22.6 Å². The molecule has 5 heteroatoms. The van der Waals surface area contributed by atoms with E-state index in [1.54, 1.807) is 14.2 Å². The van der Waals surface area contributed by atoms with Crippen LogP contribution >= 0.6 is 0 Å². The van der Waals surface area contributed by atoms with E-state index in [1.807, 2.05) is 42.5 Å². The van der Waals surface area contributed by atoms with Gasteiger partial charge in [-0.2, -0.15) is 0 Å². The fourth-order valence-electron chi connectivity index (χ4n) is 2.34. The van der Waals surface area contributed by atoms with Gasteiger partial charge >= 0.3 is 5.97 Å². The number of carboxylic acids is 1. The fourth-order valence-corrected chi connectivity index (χ4v) is 2.34. The topological polar surface area (TPSA) is 81.8 Å². The second kappa shape index (κ2) is 6.95. The largest absolute Gasteiger partial charge is 0.496 e. The Hall–Kier alpha value is -2.53. The third kappa shape index (κ3) is 3.38. The first-order valence-corrected chi connectivity index (χ1v) is 6.85. The van der Waals surface area contributed by atoms with Crippen molar-refractivity contribution in [3.63, 3.8) is 0 Å². The van der Waals surface area contributed by atoms with Crippen molar-refractivity contribution in [2.24, 2.45) is 5.73 Å². The Morgan fingerprint density at radius 1 is 1.09 bits per heavy atom. The van der Waals surface area contributed by atoms with Gasteiger partial charge in [-0.15, -0.1) is 0 Å². The molecule has 0 radical (unpaired) electrons. The summed E-state index contributed by atoms with van der Waals surface area (Å²) in [5.41, 5.74) is 8.41. The van der Waals surface area contributed by atoms with Gasteiger partial charge in [0.1, 0.15) is 11.5 Å². The summed E-state index contributed by atoms with van der Waals surface area (Å²) >= 11 is 0. The monoisotopic (exact) mass is 301 g/mol. The van der Waals surface area contributed by atoms with Crippen molar-refractivity contribution >= 4 is 5.97 Å². The van der Waals surface area contributed by atoms with Crippen LogP contribution in [0.1, 0.15) is 18.0 Å². The molecule has 3 N–H and O–H groups in total. The van der Waals surface area contributed by atoms with Gasteiger partial charge in [0, 0.05) is 6.04 Å². The van der Waals surface area contributed by atoms with Crippen molar-refractivity contribution in [1.29, 1.82) is 0 Å². The number of benzene rings is 2. The van der Waals surface area contributed by atoms with Crippen LogP contribution in [0.2, 0.25) is 0 Å². The van der Waals surface area contributed by atoms with Gasteiger partial charge in [0.05, 0.1) is 26.2 Å². The van der Waals surface area contributed by atoms with Gasteiger partial charge in [0.15, 0.2) is 0 Å². The highest BCUT2D eigenvalue weighted by Crippen LogP contribution is 2.38. The molecular formula is C17H19NO4. The molecule has 5 nitrogen and oxygen atoms in total. The number of rotatable bonds is 6. The minimum Gasteiger partial charge on any atom is -0.496 e. The van der Waals surface area contributed by atoms with Gasteiger partial charge in [0.25, 0.3) is 0 Å². The second-order valence-corrected chi connectivity index (χ2v) is 4.86. The van der Waals surface area contributed by atoms with Crippen molar-refractivity contribution in [2.45, 2.75) is 12.5 Å². The average molecular weight is 301 g/mol. The van der Waals surface area contributed by atoms with E-state index in [9.17, 15) is 4.79 Å². The predicted molar refractivity (Wildman–Crippen MR) is 84.2 cm³/mol. The quantitative estimate of drug-likeness (QED) is 0.857. The standard InChI is InChI=1S/C17H19NO4/c1-21-14-4-3-5-15(22-2)17(14)12-8-6-11(7-9-12)13(18)10-16(19)20/h3-9,13H,10,18H2,1-2H3,(H,19,20). The van der Waals surface area contributed by atoms with E-state index in [4.69, 9.17) is 20.3 Å². The molecule has 0 fully saturated rings. The van der Waals surface area contributed by atoms with Crippen LogP contribution in [-0.2, 0) is 4.79 Å². The Kier molecular flexibility index (Phi) is 5.01. The molecule has 1 atom stereocenters. The minimum atomic E-state index is -0.914. The van der Waals surface area contributed by atoms with Gasteiger partial charge < -0.3 is 20.3 Å². The first kappa shape index (κ1) is 15.9. The molecule has 2 rings (SSSR count). The summed E-state index contributed by atoms with van der Waals surface area (Å²) in [7, 11) is 3.21. The molecule has 1 unspecified atom stereocenters. The van der Waals surface area contributed by atoms with Crippen LogP contribution in [0.15, 0.2) is 42.5 Å². The van der Waals surface area contributed by atoms with E-state index < -0.39 is 12.0 Å². The van der Waals surface area contributed by atoms with Crippen molar-refractivity contribution in [3.05, 3.63) is 48.0 Å². The zero-order chi connectivity index (χ0) is 16.1. The highest BCUT2D eigenvalue weighted by molar-refractivity contribution is 5.77. The van der Waals surface area contributed by atoms with E-state index in [1.165, 1.54) is 0 Å². The van der Waals surface area contributed by atoms with Gasteiger partial charge in [-0.05, 0) is 23.3 Å². The third-order valence-corrected chi connectivity index (χ3v) is 3.45. The molecule has 0 aliphatic rings. The molecule has 0 saturated heterocycles. The van der Waals surface area contributed by atoms with Crippen molar-refractivity contribution in [2.75, 3.05) is 14.2 Å². The second-order valence-electron chi connectivity index (χ2n) is 4.86. The highest BCUT2D eigenvalue weighted by Gasteiger charge is 2.14. The van der Waals surface area contributed by atoms with Crippen LogP contribution in [0.4, 0.5) is 0 Å². The first-order valence-electron chi connectivity index (χ1n) is 6.85. The van der Waals surface area contributed by atoms with E-state index in [0.29, 0.717) is 11.5 Å². The van der Waals surface area contributed by atoms with E-state index in [-0.39, 0.29) is 6.42 Å². The molecule has 0 aliphatic carbocycles. The number of ether oxygens (including phenoxy) is 2. The lowest BCUT2D eigenvalue weighted by Gasteiger charge is -2.14. The van der Waals surface area contributed by atoms with Crippen LogP contribution in [0.25, 0.3) is 11.1 Å². The van der Waals surface area contributed by atoms with Crippen LogP contribution < -0.4 is 15.2 Å². The molecule has 2 aromatic rings. The summed E-state index contributed by atoms with van der Waals surface area (Å²) < 4.78 is 10.8. The summed E-state index contributed by atoms with van der Waals surface area (Å²) in [5, 5.41) is 8.80. The third-order valence-electron chi connectivity index (χ3n) is 3.45. The van der Waals surface area contributed by atoms with Crippen molar-refractivity contribution < 1.29 is 19.4 Å². The normalized spacial score (nSPS) is 11.8. The Morgan fingerprint density at radius 3 is 2.09 bits per heavy atom. The molecule has 0 saturated carbocycles. The molecular weight excluding hydrogens is 282 g/mol. The SMILES string of the molecule is COc1cccc(OC)c1-c1ccc(C(N)CC(=O)O)cc1. The number of nitrogens with two attached hydrogens (primary N) is 1. The van der Waals surface area contributed by atoms with Gasteiger partial charge in [0.2, 0.25) is 0 Å². The van der Waals surface area contributed by atoms with Crippen LogP contribution in [-0.4, -0.2) is 25.3 Å². The maximum Gasteiger partial charge on any atom is 0.305 e. The first-order chi connectivity index (χ1) is 10.6.